The summed E-state index contributed by atoms with van der Waals surface area (Å²) in [6.07, 6.45) is 6.72. The molecule has 0 saturated heterocycles. The maximum atomic E-state index is 13.7. The van der Waals surface area contributed by atoms with Crippen LogP contribution in [0.15, 0.2) is 67.4 Å². The molecule has 0 saturated carbocycles. The van der Waals surface area contributed by atoms with Gasteiger partial charge in [-0.2, -0.15) is 0 Å². The van der Waals surface area contributed by atoms with Gasteiger partial charge in [0.1, 0.15) is 18.0 Å². The van der Waals surface area contributed by atoms with Crippen LogP contribution in [0.25, 0.3) is 21.9 Å². The number of rotatable bonds is 6. The normalized spacial score (nSPS) is 12.1. The molecule has 0 radical (unpaired) electrons. The Balaban J connectivity index is 1.83. The maximum absolute atomic E-state index is 13.7. The number of aromatic nitrogens is 3. The molecule has 0 unspecified atom stereocenters. The molecule has 0 spiro atoms. The Bertz CT molecular complexity index is 1200. The highest BCUT2D eigenvalue weighted by Crippen LogP contribution is 2.35. The summed E-state index contributed by atoms with van der Waals surface area (Å²) in [4.78, 5) is 24.5. The number of hydrogen-bond donors (Lipinski definition) is 1. The van der Waals surface area contributed by atoms with E-state index in [1.807, 2.05) is 24.3 Å². The van der Waals surface area contributed by atoms with Crippen LogP contribution >= 0.6 is 0 Å². The minimum absolute atomic E-state index is 0.0194. The fourth-order valence-corrected chi connectivity index (χ4v) is 3.75. The summed E-state index contributed by atoms with van der Waals surface area (Å²) in [6.45, 7) is 0. The van der Waals surface area contributed by atoms with Gasteiger partial charge in [0.25, 0.3) is 0 Å². The third-order valence-corrected chi connectivity index (χ3v) is 4.95. The van der Waals surface area contributed by atoms with Gasteiger partial charge in [0.05, 0.1) is 5.69 Å². The highest BCUT2D eigenvalue weighted by molar-refractivity contribution is 5.96. The lowest BCUT2D eigenvalue weighted by Crippen LogP contribution is -2.18. The van der Waals surface area contributed by atoms with Crippen molar-refractivity contribution in [2.45, 2.75) is 18.8 Å². The van der Waals surface area contributed by atoms with Crippen molar-refractivity contribution in [3.8, 4) is 11.1 Å². The molecule has 4 rings (SSSR count). The van der Waals surface area contributed by atoms with E-state index in [2.05, 4.69) is 15.0 Å². The quantitative estimate of drug-likeness (QED) is 0.523. The SMILES string of the molecule is NC(=O)C[C@H](Cc1cc(F)cc(F)c1)c1ncncc1-c1cccc2cnccc12. The van der Waals surface area contributed by atoms with E-state index >= 15 is 0 Å². The summed E-state index contributed by atoms with van der Waals surface area (Å²) >= 11 is 0. The van der Waals surface area contributed by atoms with Crippen molar-refractivity contribution >= 4 is 16.7 Å². The van der Waals surface area contributed by atoms with Crippen molar-refractivity contribution < 1.29 is 13.6 Å². The van der Waals surface area contributed by atoms with Gasteiger partial charge in [-0.3, -0.25) is 9.78 Å². The summed E-state index contributed by atoms with van der Waals surface area (Å²) in [5.74, 6) is -2.35. The smallest absolute Gasteiger partial charge is 0.218 e. The van der Waals surface area contributed by atoms with E-state index in [4.69, 9.17) is 5.73 Å². The van der Waals surface area contributed by atoms with E-state index in [1.165, 1.54) is 18.5 Å². The zero-order valence-electron chi connectivity index (χ0n) is 15.9. The fourth-order valence-electron chi connectivity index (χ4n) is 3.75. The van der Waals surface area contributed by atoms with Gasteiger partial charge < -0.3 is 5.73 Å². The molecule has 0 aliphatic rings. The second-order valence-electron chi connectivity index (χ2n) is 7.07. The monoisotopic (exact) mass is 404 g/mol. The van der Waals surface area contributed by atoms with Gasteiger partial charge in [0, 0.05) is 47.9 Å². The van der Waals surface area contributed by atoms with Crippen LogP contribution in [0, 0.1) is 11.6 Å². The van der Waals surface area contributed by atoms with Crippen LogP contribution in [-0.4, -0.2) is 20.9 Å². The summed E-state index contributed by atoms with van der Waals surface area (Å²) in [5.41, 5.74) is 8.12. The number of halogens is 2. The molecule has 5 nitrogen and oxygen atoms in total. The van der Waals surface area contributed by atoms with Crippen molar-refractivity contribution in [1.29, 1.82) is 0 Å². The fraction of sp³-hybridized carbons (Fsp3) is 0.130. The number of carbonyl (C=O) groups excluding carboxylic acids is 1. The first-order valence-corrected chi connectivity index (χ1v) is 9.37. The molecule has 150 valence electrons. The first-order valence-electron chi connectivity index (χ1n) is 9.37. The number of pyridine rings is 1. The van der Waals surface area contributed by atoms with E-state index in [0.29, 0.717) is 11.3 Å². The molecular weight excluding hydrogens is 386 g/mol. The number of primary amides is 1. The minimum atomic E-state index is -0.674. The molecule has 7 heteroatoms. The third kappa shape index (κ3) is 4.15. The van der Waals surface area contributed by atoms with Crippen molar-refractivity contribution in [1.82, 2.24) is 15.0 Å². The third-order valence-electron chi connectivity index (χ3n) is 4.95. The Kier molecular flexibility index (Phi) is 5.43. The lowest BCUT2D eigenvalue weighted by atomic mass is 9.87. The standard InChI is InChI=1S/C23H18F2N4O/c24-17-7-14(8-18(25)10-17)6-16(9-22(26)30)23-21(12-28-13-29-23)20-3-1-2-15-11-27-5-4-19(15)20/h1-5,7-8,10-13,16H,6,9H2,(H2,26,30)/t16-/m0/s1. The second-order valence-corrected chi connectivity index (χ2v) is 7.07. The second kappa shape index (κ2) is 8.32. The molecule has 2 N–H and O–H groups in total. The minimum Gasteiger partial charge on any atom is -0.370 e. The Hall–Kier alpha value is -3.74. The predicted octanol–water partition coefficient (Wildman–Crippen LogP) is 4.17. The zero-order chi connectivity index (χ0) is 21.1. The average Bonchev–Trinajstić information content (AvgIpc) is 2.72. The number of amides is 1. The Morgan fingerprint density at radius 2 is 1.80 bits per heavy atom. The Morgan fingerprint density at radius 1 is 1.00 bits per heavy atom. The number of nitrogens with zero attached hydrogens (tertiary/aromatic N) is 3. The number of nitrogens with two attached hydrogens (primary N) is 1. The van der Waals surface area contributed by atoms with Crippen LogP contribution in [0.1, 0.15) is 23.6 Å². The van der Waals surface area contributed by atoms with Crippen LogP contribution in [0.3, 0.4) is 0 Å². The first kappa shape index (κ1) is 19.6. The molecule has 1 amide bonds. The lowest BCUT2D eigenvalue weighted by Gasteiger charge is -2.19. The topological polar surface area (TPSA) is 81.8 Å². The predicted molar refractivity (Wildman–Crippen MR) is 109 cm³/mol. The lowest BCUT2D eigenvalue weighted by molar-refractivity contribution is -0.118. The largest absolute Gasteiger partial charge is 0.370 e. The zero-order valence-corrected chi connectivity index (χ0v) is 15.9. The number of benzene rings is 2. The highest BCUT2D eigenvalue weighted by atomic mass is 19.1. The van der Waals surface area contributed by atoms with Crippen molar-refractivity contribution in [2.75, 3.05) is 0 Å². The number of carbonyl (C=O) groups is 1. The van der Waals surface area contributed by atoms with Crippen molar-refractivity contribution in [3.63, 3.8) is 0 Å². The number of hydrogen-bond acceptors (Lipinski definition) is 4. The van der Waals surface area contributed by atoms with Gasteiger partial charge in [-0.15, -0.1) is 0 Å². The molecule has 2 aromatic heterocycles. The van der Waals surface area contributed by atoms with Crippen molar-refractivity contribution in [2.24, 2.45) is 5.73 Å². The molecular formula is C23H18F2N4O. The van der Waals surface area contributed by atoms with E-state index in [-0.39, 0.29) is 12.8 Å². The van der Waals surface area contributed by atoms with Crippen molar-refractivity contribution in [3.05, 3.63) is 90.3 Å². The van der Waals surface area contributed by atoms with Crippen LogP contribution in [-0.2, 0) is 11.2 Å². The summed E-state index contributed by atoms with van der Waals surface area (Å²) in [5, 5.41) is 1.90. The van der Waals surface area contributed by atoms with Crippen LogP contribution in [0.5, 0.6) is 0 Å². The average molecular weight is 404 g/mol. The first-order chi connectivity index (χ1) is 14.5. The van der Waals surface area contributed by atoms with Gasteiger partial charge in [-0.05, 0) is 41.1 Å². The van der Waals surface area contributed by atoms with E-state index < -0.39 is 23.5 Å². The Morgan fingerprint density at radius 3 is 2.57 bits per heavy atom. The molecule has 2 heterocycles. The summed E-state index contributed by atoms with van der Waals surface area (Å²) < 4.78 is 27.4. The van der Waals surface area contributed by atoms with Gasteiger partial charge in [0.15, 0.2) is 0 Å². The Labute approximate surface area is 171 Å². The van der Waals surface area contributed by atoms with Gasteiger partial charge in [-0.1, -0.05) is 18.2 Å². The molecule has 2 aromatic carbocycles. The van der Waals surface area contributed by atoms with Gasteiger partial charge in [0.2, 0.25) is 5.91 Å². The van der Waals surface area contributed by atoms with Crippen LogP contribution in [0.2, 0.25) is 0 Å². The van der Waals surface area contributed by atoms with E-state index in [1.54, 1.807) is 18.6 Å². The molecule has 0 aliphatic carbocycles. The van der Waals surface area contributed by atoms with Crippen LogP contribution < -0.4 is 5.73 Å². The molecule has 0 fully saturated rings. The highest BCUT2D eigenvalue weighted by Gasteiger charge is 2.22. The van der Waals surface area contributed by atoms with E-state index in [9.17, 15) is 13.6 Å². The maximum Gasteiger partial charge on any atom is 0.218 e. The molecule has 4 aromatic rings. The molecule has 30 heavy (non-hydrogen) atoms. The molecule has 1 atom stereocenters. The molecule has 0 bridgehead atoms. The number of fused-ring (bicyclic) bond motifs is 1. The van der Waals surface area contributed by atoms with Gasteiger partial charge >= 0.3 is 0 Å². The van der Waals surface area contributed by atoms with E-state index in [0.717, 1.165) is 28.0 Å². The van der Waals surface area contributed by atoms with Gasteiger partial charge in [-0.25, -0.2) is 18.7 Å². The summed E-state index contributed by atoms with van der Waals surface area (Å²) in [6, 6.07) is 11.0. The van der Waals surface area contributed by atoms with Crippen LogP contribution in [0.4, 0.5) is 8.78 Å². The molecule has 0 aliphatic heterocycles. The summed E-state index contributed by atoms with van der Waals surface area (Å²) in [7, 11) is 0.